The molecule has 0 bridgehead atoms. The van der Waals surface area contributed by atoms with E-state index in [2.05, 4.69) is 10.4 Å². The van der Waals surface area contributed by atoms with E-state index in [1.807, 2.05) is 4.98 Å². The minimum Gasteiger partial charge on any atom is -0.476 e. The van der Waals surface area contributed by atoms with E-state index in [0.29, 0.717) is 29.0 Å². The van der Waals surface area contributed by atoms with Gasteiger partial charge < -0.3 is 15.2 Å². The number of halogens is 2. The summed E-state index contributed by atoms with van der Waals surface area (Å²) in [7, 11) is 1.80. The highest BCUT2D eigenvalue weighted by atomic mass is 35.5. The lowest BCUT2D eigenvalue weighted by atomic mass is 10.1. The minimum absolute atomic E-state index is 0.000476. The normalized spacial score (nSPS) is 10.7. The average Bonchev–Trinajstić information content (AvgIpc) is 2.74. The first-order valence-electron chi connectivity index (χ1n) is 9.12. The van der Waals surface area contributed by atoms with Crippen LogP contribution in [0, 0.1) is 0 Å². The third-order valence-corrected chi connectivity index (χ3v) is 4.93. The second kappa shape index (κ2) is 9.77. The zero-order chi connectivity index (χ0) is 23.4. The molecule has 0 aliphatic heterocycles. The monoisotopic (exact) mass is 478 g/mol. The first-order chi connectivity index (χ1) is 15.2. The smallest absolute Gasteiger partial charge is 0.362 e. The van der Waals surface area contributed by atoms with Crippen LogP contribution in [0.3, 0.4) is 0 Å². The van der Waals surface area contributed by atoms with Crippen molar-refractivity contribution in [1.82, 2.24) is 20.1 Å². The molecule has 0 aliphatic rings. The largest absolute Gasteiger partial charge is 0.476 e. The van der Waals surface area contributed by atoms with Crippen molar-refractivity contribution in [3.8, 4) is 17.2 Å². The summed E-state index contributed by atoms with van der Waals surface area (Å²) in [6, 6.07) is 7.45. The SMILES string of the molecule is CNCCc1cc(Oc2c(Cl)cc(-n3nc(C(=O)O)c(=O)[nH]c3=O)cc2Cl)ccc1C=O. The number of likely N-dealkylation sites (N-methyl/N-ethyl adjacent to an activating group) is 1. The number of aromatic carboxylic acids is 1. The molecule has 1 heterocycles. The molecule has 12 heteroatoms. The van der Waals surface area contributed by atoms with Crippen molar-refractivity contribution < 1.29 is 19.4 Å². The molecule has 0 radical (unpaired) electrons. The predicted molar refractivity (Wildman–Crippen MR) is 117 cm³/mol. The molecule has 32 heavy (non-hydrogen) atoms. The Balaban J connectivity index is 2.00. The molecular weight excluding hydrogens is 463 g/mol. The lowest BCUT2D eigenvalue weighted by molar-refractivity contribution is 0.0685. The number of aldehydes is 1. The molecule has 2 aromatic carbocycles. The number of aromatic amines is 1. The quantitative estimate of drug-likeness (QED) is 0.418. The molecule has 166 valence electrons. The van der Waals surface area contributed by atoms with Crippen molar-refractivity contribution in [2.75, 3.05) is 13.6 Å². The zero-order valence-corrected chi connectivity index (χ0v) is 18.0. The number of H-pyrrole nitrogens is 1. The molecule has 0 amide bonds. The first kappa shape index (κ1) is 23.2. The molecule has 0 spiro atoms. The Labute approximate surface area is 190 Å². The standard InChI is InChI=1S/C20H16Cl2N4O6/c1-23-5-4-10-6-13(3-2-11(10)9-27)32-17-14(21)7-12(8-15(17)22)26-20(31)24-18(28)16(25-26)19(29)30/h2-3,6-9,23H,4-5H2,1H3,(H,29,30)(H,24,28,31). The van der Waals surface area contributed by atoms with Crippen molar-refractivity contribution in [3.05, 3.63) is 78.0 Å². The van der Waals surface area contributed by atoms with Crippen LogP contribution in [0.5, 0.6) is 11.5 Å². The number of hydrogen-bond acceptors (Lipinski definition) is 7. The summed E-state index contributed by atoms with van der Waals surface area (Å²) in [5.74, 6) is -1.15. The van der Waals surface area contributed by atoms with Crippen LogP contribution in [0.4, 0.5) is 0 Å². The number of carbonyl (C=O) groups is 2. The Morgan fingerprint density at radius 2 is 1.94 bits per heavy atom. The number of carboxylic acid groups (broad SMARTS) is 1. The van der Waals surface area contributed by atoms with Crippen molar-refractivity contribution >= 4 is 35.5 Å². The van der Waals surface area contributed by atoms with E-state index in [0.717, 1.165) is 11.8 Å². The molecule has 0 saturated carbocycles. The van der Waals surface area contributed by atoms with Gasteiger partial charge in [0.05, 0.1) is 15.7 Å². The van der Waals surface area contributed by atoms with Crippen LogP contribution >= 0.6 is 23.2 Å². The van der Waals surface area contributed by atoms with Gasteiger partial charge in [0, 0.05) is 5.56 Å². The minimum atomic E-state index is -1.61. The van der Waals surface area contributed by atoms with Gasteiger partial charge in [-0.1, -0.05) is 23.2 Å². The average molecular weight is 479 g/mol. The van der Waals surface area contributed by atoms with Crippen LogP contribution in [0.1, 0.15) is 26.4 Å². The molecule has 1 aromatic heterocycles. The third kappa shape index (κ3) is 4.88. The molecule has 3 N–H and O–H groups in total. The first-order valence-corrected chi connectivity index (χ1v) is 9.87. The Morgan fingerprint density at radius 1 is 1.25 bits per heavy atom. The van der Waals surface area contributed by atoms with E-state index in [-0.39, 0.29) is 21.5 Å². The third-order valence-electron chi connectivity index (χ3n) is 4.36. The molecule has 0 fully saturated rings. The Bertz CT molecular complexity index is 1300. The summed E-state index contributed by atoms with van der Waals surface area (Å²) in [4.78, 5) is 48.0. The Hall–Kier alpha value is -3.47. The van der Waals surface area contributed by atoms with E-state index in [9.17, 15) is 19.2 Å². The highest BCUT2D eigenvalue weighted by Crippen LogP contribution is 2.38. The summed E-state index contributed by atoms with van der Waals surface area (Å²) < 4.78 is 6.46. The van der Waals surface area contributed by atoms with Crippen molar-refractivity contribution in [2.24, 2.45) is 0 Å². The second-order valence-corrected chi connectivity index (χ2v) is 7.31. The highest BCUT2D eigenvalue weighted by Gasteiger charge is 2.18. The van der Waals surface area contributed by atoms with Crippen LogP contribution in [0.2, 0.25) is 10.0 Å². The molecular formula is C20H16Cl2N4O6. The topological polar surface area (TPSA) is 143 Å². The van der Waals surface area contributed by atoms with Gasteiger partial charge >= 0.3 is 11.7 Å². The fourth-order valence-electron chi connectivity index (χ4n) is 2.84. The van der Waals surface area contributed by atoms with Crippen molar-refractivity contribution in [1.29, 1.82) is 0 Å². The maximum absolute atomic E-state index is 12.1. The summed E-state index contributed by atoms with van der Waals surface area (Å²) in [6.45, 7) is 0.653. The van der Waals surface area contributed by atoms with Gasteiger partial charge in [-0.15, -0.1) is 0 Å². The van der Waals surface area contributed by atoms with E-state index >= 15 is 0 Å². The molecule has 3 rings (SSSR count). The number of carboxylic acids is 1. The van der Waals surface area contributed by atoms with Crippen LogP contribution in [0.15, 0.2) is 39.9 Å². The summed E-state index contributed by atoms with van der Waals surface area (Å²) >= 11 is 12.6. The lowest BCUT2D eigenvalue weighted by Gasteiger charge is -2.14. The summed E-state index contributed by atoms with van der Waals surface area (Å²) in [6.07, 6.45) is 1.35. The molecule has 0 aliphatic carbocycles. The van der Waals surface area contributed by atoms with Crippen LogP contribution in [0.25, 0.3) is 5.69 Å². The molecule has 0 atom stereocenters. The van der Waals surface area contributed by atoms with Crippen LogP contribution in [-0.2, 0) is 6.42 Å². The van der Waals surface area contributed by atoms with Crippen molar-refractivity contribution in [3.63, 3.8) is 0 Å². The van der Waals surface area contributed by atoms with Gasteiger partial charge in [0.1, 0.15) is 12.0 Å². The number of nitrogens with one attached hydrogen (secondary N) is 2. The fraction of sp³-hybridized carbons (Fsp3) is 0.150. The zero-order valence-electron chi connectivity index (χ0n) is 16.5. The lowest BCUT2D eigenvalue weighted by Crippen LogP contribution is -2.35. The molecule has 3 aromatic rings. The number of benzene rings is 2. The van der Waals surface area contributed by atoms with E-state index in [4.69, 9.17) is 33.0 Å². The van der Waals surface area contributed by atoms with Gasteiger partial charge in [0.25, 0.3) is 5.56 Å². The van der Waals surface area contributed by atoms with Gasteiger partial charge in [0.15, 0.2) is 5.75 Å². The molecule has 10 nitrogen and oxygen atoms in total. The maximum atomic E-state index is 12.1. The maximum Gasteiger partial charge on any atom is 0.362 e. The number of aromatic nitrogens is 3. The van der Waals surface area contributed by atoms with Crippen LogP contribution < -0.4 is 21.3 Å². The van der Waals surface area contributed by atoms with Gasteiger partial charge in [-0.3, -0.25) is 14.6 Å². The number of carbonyl (C=O) groups excluding carboxylic acids is 1. The van der Waals surface area contributed by atoms with E-state index in [1.54, 1.807) is 25.2 Å². The number of rotatable bonds is 8. The highest BCUT2D eigenvalue weighted by molar-refractivity contribution is 6.37. The second-order valence-electron chi connectivity index (χ2n) is 6.50. The van der Waals surface area contributed by atoms with E-state index in [1.165, 1.54) is 12.1 Å². The van der Waals surface area contributed by atoms with Gasteiger partial charge in [-0.25, -0.2) is 9.59 Å². The van der Waals surface area contributed by atoms with Gasteiger partial charge in [0.2, 0.25) is 5.69 Å². The summed E-state index contributed by atoms with van der Waals surface area (Å²) in [5, 5.41) is 15.6. The Morgan fingerprint density at radius 3 is 2.53 bits per heavy atom. The number of nitrogens with zero attached hydrogens (tertiary/aromatic N) is 2. The van der Waals surface area contributed by atoms with Gasteiger partial charge in [-0.05, 0) is 55.9 Å². The Kier molecular flexibility index (Phi) is 7.08. The van der Waals surface area contributed by atoms with E-state index < -0.39 is 22.9 Å². The van der Waals surface area contributed by atoms with Gasteiger partial charge in [-0.2, -0.15) is 9.78 Å². The number of ether oxygens (including phenoxy) is 1. The molecule has 0 unspecified atom stereocenters. The molecule has 0 saturated heterocycles. The fourth-order valence-corrected chi connectivity index (χ4v) is 3.39. The predicted octanol–water partition coefficient (Wildman–Crippen LogP) is 2.29. The van der Waals surface area contributed by atoms with Crippen molar-refractivity contribution in [2.45, 2.75) is 6.42 Å². The van der Waals surface area contributed by atoms with Crippen LogP contribution in [-0.4, -0.2) is 45.7 Å². The number of hydrogen-bond donors (Lipinski definition) is 3. The summed E-state index contributed by atoms with van der Waals surface area (Å²) in [5.41, 5.74) is -1.68.